The summed E-state index contributed by atoms with van der Waals surface area (Å²) in [5.41, 5.74) is 6.46. The number of hydrogen-bond donors (Lipinski definition) is 0. The summed E-state index contributed by atoms with van der Waals surface area (Å²) in [6, 6.07) is 0. The predicted octanol–water partition coefficient (Wildman–Crippen LogP) is 8.41. The molecule has 10 radical (unpaired) electrons. The van der Waals surface area contributed by atoms with Gasteiger partial charge in [-0.15, -0.1) is 0 Å². The predicted molar refractivity (Wildman–Crippen MR) is 144 cm³/mol. The second-order valence-corrected chi connectivity index (χ2v) is 38.0. The Hall–Kier alpha value is 2.77. The Balaban J connectivity index is 0.000000477. The fraction of sp³-hybridized carbons (Fsp3) is 0.545. The molecule has 7 heteroatoms. The minimum absolute atomic E-state index is 1.06. The molecule has 0 aromatic rings. The average molecular weight is 722 g/mol. The Morgan fingerprint density at radius 2 is 0.586 bits per heavy atom. The van der Waals surface area contributed by atoms with Gasteiger partial charge in [-0.3, -0.25) is 0 Å². The molecule has 0 heterocycles. The maximum atomic E-state index is 4.97. The molecule has 2 aliphatic rings. The molecule has 0 unspecified atom stereocenters. The van der Waals surface area contributed by atoms with E-state index < -0.39 is 65.1 Å². The van der Waals surface area contributed by atoms with Crippen LogP contribution in [0.2, 0.25) is 78.6 Å². The first-order chi connectivity index (χ1) is 12.8. The standard InChI is InChI=1S/2C11H21Si2.2ClH.Th/c2*1-12(2,3)10-7-8-11(9-10)13(4,5)6;;;/h2*7-9H,1-6H3;2*1H;/q;;;;+2/p-2. The molecular weight excluding hydrogens is 680 g/mol. The van der Waals surface area contributed by atoms with Crippen molar-refractivity contribution in [3.8, 4) is 0 Å². The molecule has 0 nitrogen and oxygen atoms in total. The van der Waals surface area contributed by atoms with Crippen molar-refractivity contribution in [2.45, 2.75) is 78.6 Å². The van der Waals surface area contributed by atoms with Gasteiger partial charge in [-0.2, -0.15) is 0 Å². The van der Waals surface area contributed by atoms with Crippen molar-refractivity contribution < 1.29 is 32.8 Å². The van der Waals surface area contributed by atoms with Gasteiger partial charge in [0, 0.05) is 0 Å². The molecule has 2 rings (SSSR count). The van der Waals surface area contributed by atoms with Crippen molar-refractivity contribution in [2.24, 2.45) is 0 Å². The van der Waals surface area contributed by atoms with E-state index in [1.807, 2.05) is 0 Å². The monoisotopic (exact) mass is 720 g/mol. The molecule has 0 aliphatic heterocycles. The zero-order chi connectivity index (χ0) is 23.3. The number of hydrogen-bond acceptors (Lipinski definition) is 0. The van der Waals surface area contributed by atoms with E-state index >= 15 is 0 Å². The van der Waals surface area contributed by atoms with Crippen LogP contribution < -0.4 is 0 Å². The van der Waals surface area contributed by atoms with Crippen molar-refractivity contribution >= 4 is 44.2 Å². The normalized spacial score (nSPS) is 20.6. The van der Waals surface area contributed by atoms with Crippen molar-refractivity contribution in [3.63, 3.8) is 0 Å². The summed E-state index contributed by atoms with van der Waals surface area (Å²) < 4.78 is 0. The van der Waals surface area contributed by atoms with Crippen molar-refractivity contribution in [1.82, 2.24) is 0 Å². The summed E-state index contributed by atoms with van der Waals surface area (Å²) in [6.45, 7) is 29.0. The second-order valence-electron chi connectivity index (χ2n) is 11.8. The van der Waals surface area contributed by atoms with E-state index in [-0.39, 0.29) is 0 Å². The van der Waals surface area contributed by atoms with Crippen LogP contribution in [-0.2, 0) is 0 Å². The molecule has 0 atom stereocenters. The number of rotatable bonds is 4. The van der Waals surface area contributed by atoms with Gasteiger partial charge in [0.1, 0.15) is 0 Å². The summed E-state index contributed by atoms with van der Waals surface area (Å²) in [7, 11) is -4.28. The summed E-state index contributed by atoms with van der Waals surface area (Å²) in [6.07, 6.45) is 14.3. The third-order valence-electron chi connectivity index (χ3n) is 4.97. The SMILES string of the molecule is C[Si](C)(C)[C]1[CH][CH][C]([Si](C)(C)C)[CH]1.C[Si](C)(C)[C]1[CH][CH][C]([Si](C)(C)C)[CH]1.[Cl][Th][Cl]. The van der Waals surface area contributed by atoms with Gasteiger partial charge in [0.2, 0.25) is 0 Å². The molecule has 0 spiro atoms. The number of halogens is 2. The Kier molecular flexibility index (Phi) is 14.3. The van der Waals surface area contributed by atoms with Crippen LogP contribution in [-0.4, -0.2) is 32.3 Å². The maximum absolute atomic E-state index is 4.97. The van der Waals surface area contributed by atoms with E-state index in [2.05, 4.69) is 117 Å². The van der Waals surface area contributed by atoms with E-state index in [1.54, 1.807) is 22.2 Å². The van der Waals surface area contributed by atoms with Crippen LogP contribution in [0.1, 0.15) is 0 Å². The van der Waals surface area contributed by atoms with E-state index in [9.17, 15) is 0 Å². The zero-order valence-electron chi connectivity index (χ0n) is 20.7. The first-order valence-corrected chi connectivity index (χ1v) is 34.4. The Morgan fingerprint density at radius 3 is 0.655 bits per heavy atom. The molecule has 2 saturated carbocycles. The molecule has 164 valence electrons. The molecule has 0 bridgehead atoms. The van der Waals surface area contributed by atoms with Gasteiger partial charge < -0.3 is 0 Å². The van der Waals surface area contributed by atoms with E-state index in [0.717, 1.165) is 0 Å². The fourth-order valence-corrected chi connectivity index (χ4v) is 7.73. The van der Waals surface area contributed by atoms with Crippen LogP contribution in [0, 0.1) is 93.5 Å². The van der Waals surface area contributed by atoms with E-state index in [1.165, 1.54) is 0 Å². The molecule has 0 aromatic heterocycles. The van der Waals surface area contributed by atoms with Crippen molar-refractivity contribution in [3.05, 3.63) is 60.7 Å². The first-order valence-electron chi connectivity index (χ1n) is 10.4. The minimum atomic E-state index is -1.07. The van der Waals surface area contributed by atoms with Gasteiger partial charge in [-0.1, -0.05) is 78.6 Å². The summed E-state index contributed by atoms with van der Waals surface area (Å²) in [5, 5.41) is 0. The van der Waals surface area contributed by atoms with Gasteiger partial charge in [0.25, 0.3) is 0 Å². The zero-order valence-corrected chi connectivity index (χ0v) is 30.3. The van der Waals surface area contributed by atoms with Gasteiger partial charge in [0.05, 0.1) is 32.3 Å². The summed E-state index contributed by atoms with van der Waals surface area (Å²) in [4.78, 5) is 0. The average Bonchev–Trinajstić information content (AvgIpc) is 3.16. The molecule has 0 N–H and O–H groups in total. The topological polar surface area (TPSA) is 0 Å². The molecule has 0 amide bonds. The molecule has 2 aliphatic carbocycles. The Morgan fingerprint density at radius 1 is 0.448 bits per heavy atom. The first kappa shape index (κ1) is 31.8. The second kappa shape index (κ2) is 13.0. The van der Waals surface area contributed by atoms with Crippen molar-refractivity contribution in [1.29, 1.82) is 0 Å². The third kappa shape index (κ3) is 12.7. The molecule has 0 saturated heterocycles. The summed E-state index contributed by atoms with van der Waals surface area (Å²) in [5.74, 6) is 9.95. The Bertz CT molecular complexity index is 379. The van der Waals surface area contributed by atoms with E-state index in [0.29, 0.717) is 0 Å². The van der Waals surface area contributed by atoms with Crippen LogP contribution in [0.15, 0.2) is 0 Å². The van der Waals surface area contributed by atoms with Crippen LogP contribution in [0.4, 0.5) is 0 Å². The van der Waals surface area contributed by atoms with Crippen molar-refractivity contribution in [2.75, 3.05) is 0 Å². The van der Waals surface area contributed by atoms with Crippen LogP contribution in [0.3, 0.4) is 0 Å². The molecular formula is C22H42Cl2Si4Th. The van der Waals surface area contributed by atoms with Crippen LogP contribution >= 0.6 is 11.9 Å². The quantitative estimate of drug-likeness (QED) is 0.256. The van der Waals surface area contributed by atoms with E-state index in [4.69, 9.17) is 11.9 Å². The van der Waals surface area contributed by atoms with Gasteiger partial charge >= 0.3 is 44.7 Å². The van der Waals surface area contributed by atoms with Crippen LogP contribution in [0.5, 0.6) is 0 Å². The van der Waals surface area contributed by atoms with Crippen LogP contribution in [0.25, 0.3) is 0 Å². The molecule has 29 heavy (non-hydrogen) atoms. The Labute approximate surface area is 213 Å². The fourth-order valence-electron chi connectivity index (χ4n) is 2.75. The third-order valence-corrected chi connectivity index (χ3v) is 13.1. The van der Waals surface area contributed by atoms with Gasteiger partial charge in [-0.25, -0.2) is 0 Å². The van der Waals surface area contributed by atoms with Gasteiger partial charge in [0.15, 0.2) is 0 Å². The molecule has 0 aromatic carbocycles. The van der Waals surface area contributed by atoms with Gasteiger partial charge in [-0.05, 0) is 60.7 Å². The summed E-state index contributed by atoms with van der Waals surface area (Å²) >= 11 is -1.06. The molecule has 2 fully saturated rings.